The van der Waals surface area contributed by atoms with Crippen LogP contribution in [-0.2, 0) is 17.8 Å². The summed E-state index contributed by atoms with van der Waals surface area (Å²) in [6, 6.07) is 18.9. The van der Waals surface area contributed by atoms with Crippen LogP contribution in [-0.4, -0.2) is 24.1 Å². The highest BCUT2D eigenvalue weighted by molar-refractivity contribution is 9.10. The summed E-state index contributed by atoms with van der Waals surface area (Å²) in [5.41, 5.74) is 2.79. The van der Waals surface area contributed by atoms with E-state index in [0.717, 1.165) is 15.6 Å². The van der Waals surface area contributed by atoms with Gasteiger partial charge in [0, 0.05) is 15.7 Å². The minimum atomic E-state index is -0.997. The molecule has 0 unspecified atom stereocenters. The van der Waals surface area contributed by atoms with Crippen LogP contribution in [0.15, 0.2) is 83.4 Å². The average molecular weight is 547 g/mol. The molecule has 0 radical (unpaired) electrons. The SMILES string of the molecule is C=CCc1cc(/C=C(/C#N)C(=O)Nc2cccc(Br)c2)cc(OC)c1OCc1ccc(C(=O)O)cc1. The molecule has 0 saturated heterocycles. The molecular formula is C28H23BrN2O5. The molecule has 7 nitrogen and oxygen atoms in total. The fraction of sp³-hybridized carbons (Fsp3) is 0.107. The number of halogens is 1. The zero-order valence-electron chi connectivity index (χ0n) is 19.5. The summed E-state index contributed by atoms with van der Waals surface area (Å²) in [7, 11) is 1.50. The number of allylic oxidation sites excluding steroid dienone is 1. The standard InChI is InChI=1S/C28H23BrN2O5/c1-3-5-21-12-19(13-22(16-30)27(32)31-24-7-4-6-23(29)15-24)14-25(35-2)26(21)36-17-18-8-10-20(11-9-18)28(33)34/h3-4,6-15H,1,5,17H2,2H3,(H,31,32)(H,33,34)/b22-13-. The number of carbonyl (C=O) groups excluding carboxylic acids is 1. The van der Waals surface area contributed by atoms with Crippen molar-refractivity contribution in [3.05, 3.63) is 106 Å². The third kappa shape index (κ3) is 6.84. The third-order valence-electron chi connectivity index (χ3n) is 5.08. The number of carboxylic acids is 1. The Labute approximate surface area is 217 Å². The highest BCUT2D eigenvalue weighted by atomic mass is 79.9. The second-order valence-electron chi connectivity index (χ2n) is 7.63. The number of hydrogen-bond acceptors (Lipinski definition) is 5. The van der Waals surface area contributed by atoms with Gasteiger partial charge >= 0.3 is 5.97 Å². The van der Waals surface area contributed by atoms with Gasteiger partial charge in [0.1, 0.15) is 18.2 Å². The summed E-state index contributed by atoms with van der Waals surface area (Å²) in [6.45, 7) is 3.99. The highest BCUT2D eigenvalue weighted by Gasteiger charge is 2.15. The van der Waals surface area contributed by atoms with E-state index < -0.39 is 11.9 Å². The number of anilines is 1. The molecule has 0 bridgehead atoms. The molecule has 36 heavy (non-hydrogen) atoms. The Kier molecular flexibility index (Phi) is 9.03. The Hall–Kier alpha value is -4.35. The van der Waals surface area contributed by atoms with E-state index in [2.05, 4.69) is 27.8 Å². The van der Waals surface area contributed by atoms with Crippen LogP contribution in [0.25, 0.3) is 6.08 Å². The second kappa shape index (κ2) is 12.4. The van der Waals surface area contributed by atoms with Crippen molar-refractivity contribution in [3.63, 3.8) is 0 Å². The van der Waals surface area contributed by atoms with E-state index >= 15 is 0 Å². The summed E-state index contributed by atoms with van der Waals surface area (Å²) in [5.74, 6) is -0.616. The van der Waals surface area contributed by atoms with Crippen LogP contribution >= 0.6 is 15.9 Å². The normalized spacial score (nSPS) is 10.8. The van der Waals surface area contributed by atoms with Crippen molar-refractivity contribution >= 4 is 39.6 Å². The zero-order chi connectivity index (χ0) is 26.1. The van der Waals surface area contributed by atoms with E-state index in [0.29, 0.717) is 29.2 Å². The number of carboxylic acid groups (broad SMARTS) is 1. The van der Waals surface area contributed by atoms with Gasteiger partial charge in [-0.3, -0.25) is 4.79 Å². The zero-order valence-corrected chi connectivity index (χ0v) is 21.0. The van der Waals surface area contributed by atoms with Gasteiger partial charge in [-0.2, -0.15) is 5.26 Å². The molecular weight excluding hydrogens is 524 g/mol. The minimum Gasteiger partial charge on any atom is -0.493 e. The van der Waals surface area contributed by atoms with E-state index in [9.17, 15) is 14.9 Å². The molecule has 3 aromatic rings. The van der Waals surface area contributed by atoms with Crippen LogP contribution in [0.2, 0.25) is 0 Å². The summed E-state index contributed by atoms with van der Waals surface area (Å²) < 4.78 is 12.4. The van der Waals surface area contributed by atoms with Gasteiger partial charge in [0.15, 0.2) is 11.5 Å². The van der Waals surface area contributed by atoms with E-state index in [-0.39, 0.29) is 17.7 Å². The molecule has 0 saturated carbocycles. The van der Waals surface area contributed by atoms with Gasteiger partial charge in [0.05, 0.1) is 12.7 Å². The Morgan fingerprint density at radius 3 is 2.53 bits per heavy atom. The van der Waals surface area contributed by atoms with Crippen LogP contribution in [0.4, 0.5) is 5.69 Å². The Morgan fingerprint density at radius 1 is 1.17 bits per heavy atom. The predicted octanol–water partition coefficient (Wildman–Crippen LogP) is 6.01. The number of nitrogens with one attached hydrogen (secondary N) is 1. The lowest BCUT2D eigenvalue weighted by Crippen LogP contribution is -2.13. The fourth-order valence-electron chi connectivity index (χ4n) is 3.37. The van der Waals surface area contributed by atoms with Gasteiger partial charge < -0.3 is 19.9 Å². The number of benzene rings is 3. The van der Waals surface area contributed by atoms with E-state index in [1.807, 2.05) is 12.1 Å². The monoisotopic (exact) mass is 546 g/mol. The first-order valence-corrected chi connectivity index (χ1v) is 11.6. The number of ether oxygens (including phenoxy) is 2. The molecule has 0 spiro atoms. The smallest absolute Gasteiger partial charge is 0.335 e. The lowest BCUT2D eigenvalue weighted by molar-refractivity contribution is -0.112. The van der Waals surface area contributed by atoms with Gasteiger partial charge in [0.25, 0.3) is 5.91 Å². The van der Waals surface area contributed by atoms with Crippen molar-refractivity contribution in [3.8, 4) is 17.6 Å². The lowest BCUT2D eigenvalue weighted by atomic mass is 10.0. The molecule has 1 amide bonds. The van der Waals surface area contributed by atoms with Crippen LogP contribution in [0.3, 0.4) is 0 Å². The Bertz CT molecular complexity index is 1360. The van der Waals surface area contributed by atoms with Gasteiger partial charge in [0.2, 0.25) is 0 Å². The molecule has 0 aliphatic rings. The molecule has 0 fully saturated rings. The van der Waals surface area contributed by atoms with Crippen molar-refractivity contribution in [1.29, 1.82) is 5.26 Å². The molecule has 3 rings (SSSR count). The molecule has 0 atom stereocenters. The maximum atomic E-state index is 12.7. The number of hydrogen-bond donors (Lipinski definition) is 2. The highest BCUT2D eigenvalue weighted by Crippen LogP contribution is 2.35. The van der Waals surface area contributed by atoms with Gasteiger partial charge in [-0.25, -0.2) is 4.79 Å². The predicted molar refractivity (Wildman–Crippen MR) is 141 cm³/mol. The van der Waals surface area contributed by atoms with E-state index in [1.54, 1.807) is 48.5 Å². The maximum Gasteiger partial charge on any atom is 0.335 e. The summed E-state index contributed by atoms with van der Waals surface area (Å²) in [4.78, 5) is 23.8. The van der Waals surface area contributed by atoms with E-state index in [1.165, 1.54) is 25.3 Å². The number of rotatable bonds is 10. The van der Waals surface area contributed by atoms with Crippen molar-refractivity contribution < 1.29 is 24.2 Å². The first kappa shape index (κ1) is 26.3. The number of nitriles is 1. The van der Waals surface area contributed by atoms with Crippen LogP contribution in [0.1, 0.15) is 27.0 Å². The number of aromatic carboxylic acids is 1. The molecule has 0 aromatic heterocycles. The molecule has 0 heterocycles. The number of carbonyl (C=O) groups is 2. The number of amides is 1. The fourth-order valence-corrected chi connectivity index (χ4v) is 3.77. The van der Waals surface area contributed by atoms with Crippen LogP contribution in [0, 0.1) is 11.3 Å². The lowest BCUT2D eigenvalue weighted by Gasteiger charge is -2.16. The van der Waals surface area contributed by atoms with Crippen LogP contribution in [0.5, 0.6) is 11.5 Å². The third-order valence-corrected chi connectivity index (χ3v) is 5.57. The minimum absolute atomic E-state index is 0.0752. The molecule has 182 valence electrons. The van der Waals surface area contributed by atoms with Gasteiger partial charge in [-0.1, -0.05) is 40.2 Å². The maximum absolute atomic E-state index is 12.7. The summed E-state index contributed by atoms with van der Waals surface area (Å²) >= 11 is 3.35. The van der Waals surface area contributed by atoms with Gasteiger partial charge in [-0.05, 0) is 66.1 Å². The average Bonchev–Trinajstić information content (AvgIpc) is 2.86. The van der Waals surface area contributed by atoms with E-state index in [4.69, 9.17) is 14.6 Å². The molecule has 3 aromatic carbocycles. The van der Waals surface area contributed by atoms with Crippen molar-refractivity contribution in [2.45, 2.75) is 13.0 Å². The van der Waals surface area contributed by atoms with Crippen LogP contribution < -0.4 is 14.8 Å². The van der Waals surface area contributed by atoms with Crippen molar-refractivity contribution in [1.82, 2.24) is 0 Å². The van der Waals surface area contributed by atoms with Crippen molar-refractivity contribution in [2.24, 2.45) is 0 Å². The Balaban J connectivity index is 1.87. The first-order valence-electron chi connectivity index (χ1n) is 10.8. The summed E-state index contributed by atoms with van der Waals surface area (Å²) in [6.07, 6.45) is 3.65. The van der Waals surface area contributed by atoms with Gasteiger partial charge in [-0.15, -0.1) is 6.58 Å². The quantitative estimate of drug-likeness (QED) is 0.183. The number of methoxy groups -OCH3 is 1. The second-order valence-corrected chi connectivity index (χ2v) is 8.54. The number of nitrogens with zero attached hydrogens (tertiary/aromatic N) is 1. The molecule has 2 N–H and O–H groups in total. The summed E-state index contributed by atoms with van der Waals surface area (Å²) in [5, 5.41) is 21.4. The largest absolute Gasteiger partial charge is 0.493 e. The van der Waals surface area contributed by atoms with Crippen molar-refractivity contribution in [2.75, 3.05) is 12.4 Å². The molecule has 0 aliphatic heterocycles. The Morgan fingerprint density at radius 2 is 1.92 bits per heavy atom. The molecule has 8 heteroatoms. The topological polar surface area (TPSA) is 109 Å². The molecule has 0 aliphatic carbocycles. The first-order chi connectivity index (χ1) is 17.3.